The molecule has 0 atom stereocenters. The van der Waals surface area contributed by atoms with E-state index in [1.165, 1.54) is 0 Å². The van der Waals surface area contributed by atoms with Crippen molar-refractivity contribution in [3.05, 3.63) is 53.3 Å². The van der Waals surface area contributed by atoms with E-state index in [1.54, 1.807) is 0 Å². The second-order valence-corrected chi connectivity index (χ2v) is 3.82. The fourth-order valence-corrected chi connectivity index (χ4v) is 1.65. The average Bonchev–Trinajstić information content (AvgIpc) is 2.74. The van der Waals surface area contributed by atoms with Gasteiger partial charge in [0.1, 0.15) is 0 Å². The van der Waals surface area contributed by atoms with E-state index in [0.29, 0.717) is 6.54 Å². The summed E-state index contributed by atoms with van der Waals surface area (Å²) in [6.45, 7) is 3.11. The first-order chi connectivity index (χ1) is 8.29. The molecule has 0 aliphatic carbocycles. The van der Waals surface area contributed by atoms with Gasteiger partial charge in [-0.3, -0.25) is 4.68 Å². The van der Waals surface area contributed by atoms with Crippen molar-refractivity contribution in [2.24, 2.45) is 5.73 Å². The van der Waals surface area contributed by atoms with Crippen molar-refractivity contribution in [2.75, 3.05) is 6.54 Å². The number of hydrogen-bond acceptors (Lipinski definition) is 2. The molecule has 0 aliphatic rings. The first-order valence-electron chi connectivity index (χ1n) is 5.56. The van der Waals surface area contributed by atoms with Gasteiger partial charge in [0.2, 0.25) is 0 Å². The van der Waals surface area contributed by atoms with Crippen LogP contribution in [0.4, 0.5) is 0 Å². The van der Waals surface area contributed by atoms with Gasteiger partial charge in [-0.05, 0) is 24.6 Å². The van der Waals surface area contributed by atoms with Crippen LogP contribution >= 0.6 is 0 Å². The van der Waals surface area contributed by atoms with Crippen LogP contribution in [0.1, 0.15) is 16.8 Å². The van der Waals surface area contributed by atoms with E-state index in [9.17, 15) is 0 Å². The molecule has 1 aromatic heterocycles. The zero-order valence-corrected chi connectivity index (χ0v) is 9.85. The summed E-state index contributed by atoms with van der Waals surface area (Å²) in [4.78, 5) is 0. The molecular formula is C14H15N3. The maximum Gasteiger partial charge on any atom is 0.0671 e. The number of hydrogen-bond donors (Lipinski definition) is 1. The predicted molar refractivity (Wildman–Crippen MR) is 68.4 cm³/mol. The molecular weight excluding hydrogens is 210 g/mol. The summed E-state index contributed by atoms with van der Waals surface area (Å²) in [7, 11) is 0. The van der Waals surface area contributed by atoms with Gasteiger partial charge in [-0.25, -0.2) is 0 Å². The van der Waals surface area contributed by atoms with Crippen molar-refractivity contribution in [1.82, 2.24) is 9.78 Å². The van der Waals surface area contributed by atoms with E-state index in [-0.39, 0.29) is 0 Å². The molecule has 3 heteroatoms. The number of rotatable bonds is 2. The molecule has 2 aromatic rings. The Hall–Kier alpha value is -2.05. The van der Waals surface area contributed by atoms with E-state index in [4.69, 9.17) is 5.73 Å². The third kappa shape index (κ3) is 2.96. The van der Waals surface area contributed by atoms with Crippen molar-refractivity contribution < 1.29 is 0 Å². The maximum absolute atomic E-state index is 5.39. The SMILES string of the molecule is Cc1ccn(Cc2ccccc2C#CCN)n1. The number of aryl methyl sites for hydroxylation is 1. The highest BCUT2D eigenvalue weighted by atomic mass is 15.3. The van der Waals surface area contributed by atoms with Crippen LogP contribution in [0, 0.1) is 18.8 Å². The highest BCUT2D eigenvalue weighted by Crippen LogP contribution is 2.09. The third-order valence-corrected chi connectivity index (χ3v) is 2.45. The second-order valence-electron chi connectivity index (χ2n) is 3.82. The van der Waals surface area contributed by atoms with Crippen LogP contribution in [0.3, 0.4) is 0 Å². The standard InChI is InChI=1S/C14H15N3/c1-12-8-10-17(16-12)11-14-6-3-2-5-13(14)7-4-9-15/h2-3,5-6,8,10H,9,11,15H2,1H3. The van der Waals surface area contributed by atoms with Crippen LogP contribution in [0.25, 0.3) is 0 Å². The topological polar surface area (TPSA) is 43.8 Å². The molecule has 17 heavy (non-hydrogen) atoms. The van der Waals surface area contributed by atoms with E-state index in [1.807, 2.05) is 42.1 Å². The second kappa shape index (κ2) is 5.33. The van der Waals surface area contributed by atoms with Crippen LogP contribution < -0.4 is 5.73 Å². The fraction of sp³-hybridized carbons (Fsp3) is 0.214. The zero-order valence-electron chi connectivity index (χ0n) is 9.85. The maximum atomic E-state index is 5.39. The molecule has 0 unspecified atom stereocenters. The lowest BCUT2D eigenvalue weighted by Gasteiger charge is -2.04. The Bertz CT molecular complexity index is 558. The van der Waals surface area contributed by atoms with E-state index in [0.717, 1.165) is 23.4 Å². The predicted octanol–water partition coefficient (Wildman–Crippen LogP) is 1.55. The quantitative estimate of drug-likeness (QED) is 0.788. The van der Waals surface area contributed by atoms with E-state index >= 15 is 0 Å². The van der Waals surface area contributed by atoms with Crippen LogP contribution in [-0.4, -0.2) is 16.3 Å². The first-order valence-corrected chi connectivity index (χ1v) is 5.56. The molecule has 0 radical (unpaired) electrons. The summed E-state index contributed by atoms with van der Waals surface area (Å²) in [5.41, 5.74) is 8.60. The molecule has 0 saturated heterocycles. The van der Waals surface area contributed by atoms with Crippen molar-refractivity contribution in [3.8, 4) is 11.8 Å². The monoisotopic (exact) mass is 225 g/mol. The van der Waals surface area contributed by atoms with Gasteiger partial charge >= 0.3 is 0 Å². The molecule has 1 heterocycles. The number of nitrogens with two attached hydrogens (primary N) is 1. The number of benzene rings is 1. The molecule has 3 nitrogen and oxygen atoms in total. The number of aromatic nitrogens is 2. The summed E-state index contributed by atoms with van der Waals surface area (Å²) in [5.74, 6) is 5.97. The minimum atomic E-state index is 0.384. The molecule has 0 fully saturated rings. The van der Waals surface area contributed by atoms with Crippen molar-refractivity contribution in [1.29, 1.82) is 0 Å². The summed E-state index contributed by atoms with van der Waals surface area (Å²) in [6, 6.07) is 10.1. The summed E-state index contributed by atoms with van der Waals surface area (Å²) >= 11 is 0. The minimum Gasteiger partial charge on any atom is -0.320 e. The van der Waals surface area contributed by atoms with Crippen LogP contribution in [0.15, 0.2) is 36.5 Å². The van der Waals surface area contributed by atoms with Crippen LogP contribution in [0.2, 0.25) is 0 Å². The van der Waals surface area contributed by atoms with Crippen molar-refractivity contribution in [3.63, 3.8) is 0 Å². The lowest BCUT2D eigenvalue weighted by atomic mass is 10.1. The van der Waals surface area contributed by atoms with Crippen molar-refractivity contribution in [2.45, 2.75) is 13.5 Å². The van der Waals surface area contributed by atoms with Gasteiger partial charge in [0.05, 0.1) is 18.8 Å². The normalized spacial score (nSPS) is 9.76. The van der Waals surface area contributed by atoms with Gasteiger partial charge < -0.3 is 5.73 Å². The van der Waals surface area contributed by atoms with Gasteiger partial charge in [0, 0.05) is 11.8 Å². The summed E-state index contributed by atoms with van der Waals surface area (Å²) < 4.78 is 1.91. The van der Waals surface area contributed by atoms with Gasteiger partial charge in [0.15, 0.2) is 0 Å². The zero-order chi connectivity index (χ0) is 12.1. The molecule has 0 spiro atoms. The Morgan fingerprint density at radius 2 is 2.12 bits per heavy atom. The third-order valence-electron chi connectivity index (χ3n) is 2.45. The highest BCUT2D eigenvalue weighted by molar-refractivity contribution is 5.41. The van der Waals surface area contributed by atoms with E-state index in [2.05, 4.69) is 23.0 Å². The first kappa shape index (κ1) is 11.4. The molecule has 0 saturated carbocycles. The molecule has 2 rings (SSSR count). The Kier molecular flexibility index (Phi) is 3.59. The molecule has 1 aromatic carbocycles. The van der Waals surface area contributed by atoms with Crippen LogP contribution in [0.5, 0.6) is 0 Å². The Morgan fingerprint density at radius 1 is 1.29 bits per heavy atom. The fourth-order valence-electron chi connectivity index (χ4n) is 1.65. The van der Waals surface area contributed by atoms with Gasteiger partial charge in [-0.15, -0.1) is 0 Å². The Balaban J connectivity index is 2.26. The molecule has 2 N–H and O–H groups in total. The van der Waals surface area contributed by atoms with Gasteiger partial charge in [0.25, 0.3) is 0 Å². The van der Waals surface area contributed by atoms with Crippen LogP contribution in [-0.2, 0) is 6.54 Å². The highest BCUT2D eigenvalue weighted by Gasteiger charge is 2.01. The van der Waals surface area contributed by atoms with Gasteiger partial charge in [-0.2, -0.15) is 5.10 Å². The van der Waals surface area contributed by atoms with Gasteiger partial charge in [-0.1, -0.05) is 30.0 Å². The molecule has 0 aliphatic heterocycles. The molecule has 86 valence electrons. The lowest BCUT2D eigenvalue weighted by Crippen LogP contribution is -2.02. The smallest absolute Gasteiger partial charge is 0.0671 e. The minimum absolute atomic E-state index is 0.384. The molecule has 0 amide bonds. The average molecular weight is 225 g/mol. The molecule has 0 bridgehead atoms. The summed E-state index contributed by atoms with van der Waals surface area (Å²) in [5, 5.41) is 4.37. The largest absolute Gasteiger partial charge is 0.320 e. The van der Waals surface area contributed by atoms with E-state index < -0.39 is 0 Å². The Morgan fingerprint density at radius 3 is 2.82 bits per heavy atom. The lowest BCUT2D eigenvalue weighted by molar-refractivity contribution is 0.678. The summed E-state index contributed by atoms with van der Waals surface area (Å²) in [6.07, 6.45) is 1.97. The number of nitrogens with zero attached hydrogens (tertiary/aromatic N) is 2. The Labute approximate surface area is 101 Å². The van der Waals surface area contributed by atoms with Crippen molar-refractivity contribution >= 4 is 0 Å².